The van der Waals surface area contributed by atoms with E-state index in [-0.39, 0.29) is 12.6 Å². The zero-order chi connectivity index (χ0) is 29.3. The fourth-order valence-electron chi connectivity index (χ4n) is 4.65. The maximum Gasteiger partial charge on any atom is 0.416 e. The molecule has 4 rings (SSSR count). The minimum absolute atomic E-state index is 0.0220. The Labute approximate surface area is 228 Å². The summed E-state index contributed by atoms with van der Waals surface area (Å²) in [6.07, 6.45) is -8.37. The van der Waals surface area contributed by atoms with E-state index in [0.717, 1.165) is 48.7 Å². The van der Waals surface area contributed by atoms with Crippen molar-refractivity contribution < 1.29 is 31.1 Å². The smallest absolute Gasteiger partial charge is 0.354 e. The number of nitrogens with zero attached hydrogens (tertiary/aromatic N) is 2. The summed E-state index contributed by atoms with van der Waals surface area (Å²) < 4.78 is 80.5. The zero-order valence-electron chi connectivity index (χ0n) is 22.3. The van der Waals surface area contributed by atoms with E-state index in [0.29, 0.717) is 17.7 Å². The molecule has 2 aromatic carbocycles. The molecule has 1 aliphatic rings. The number of aryl methyl sites for hydroxylation is 1. The number of halogens is 6. The lowest BCUT2D eigenvalue weighted by atomic mass is 9.81. The van der Waals surface area contributed by atoms with E-state index in [4.69, 9.17) is 0 Å². The van der Waals surface area contributed by atoms with Gasteiger partial charge in [0.1, 0.15) is 5.82 Å². The molecule has 1 aliphatic heterocycles. The number of nitrogens with one attached hydrogen (secondary N) is 2. The van der Waals surface area contributed by atoms with Crippen molar-refractivity contribution in [1.82, 2.24) is 15.6 Å². The summed E-state index contributed by atoms with van der Waals surface area (Å²) in [6, 6.07) is 10.9. The SMILES string of the molecule is Cc1ccccc1-c1cc(N2CCNCC2)ncc1CNC(=O)C(C)(C)c1cc(C(F)(F)F)cc(C(F)(F)F)c1. The van der Waals surface area contributed by atoms with Crippen molar-refractivity contribution in [1.29, 1.82) is 0 Å². The second-order valence-corrected chi connectivity index (χ2v) is 10.4. The number of pyridine rings is 1. The van der Waals surface area contributed by atoms with E-state index in [2.05, 4.69) is 20.5 Å². The van der Waals surface area contributed by atoms with Crippen molar-refractivity contribution in [2.24, 2.45) is 0 Å². The van der Waals surface area contributed by atoms with Crippen LogP contribution < -0.4 is 15.5 Å². The zero-order valence-corrected chi connectivity index (χ0v) is 22.3. The highest BCUT2D eigenvalue weighted by Gasteiger charge is 2.40. The first-order chi connectivity index (χ1) is 18.7. The van der Waals surface area contributed by atoms with Crippen LogP contribution in [0.3, 0.4) is 0 Å². The number of rotatable bonds is 6. The quantitative estimate of drug-likeness (QED) is 0.356. The van der Waals surface area contributed by atoms with Crippen LogP contribution in [0.2, 0.25) is 0 Å². The maximum atomic E-state index is 13.4. The van der Waals surface area contributed by atoms with E-state index in [1.807, 2.05) is 37.3 Å². The lowest BCUT2D eigenvalue weighted by Gasteiger charge is -2.29. The summed E-state index contributed by atoms with van der Waals surface area (Å²) in [5.74, 6) is 0.0562. The van der Waals surface area contributed by atoms with Gasteiger partial charge < -0.3 is 15.5 Å². The van der Waals surface area contributed by atoms with Gasteiger partial charge in [-0.25, -0.2) is 4.98 Å². The van der Waals surface area contributed by atoms with Crippen molar-refractivity contribution in [2.45, 2.75) is 45.1 Å². The van der Waals surface area contributed by atoms with Crippen LogP contribution in [0.25, 0.3) is 11.1 Å². The topological polar surface area (TPSA) is 57.3 Å². The van der Waals surface area contributed by atoms with Crippen molar-refractivity contribution >= 4 is 11.7 Å². The van der Waals surface area contributed by atoms with Gasteiger partial charge in [0.25, 0.3) is 0 Å². The Morgan fingerprint density at radius 2 is 1.48 bits per heavy atom. The van der Waals surface area contributed by atoms with Crippen LogP contribution in [0, 0.1) is 6.92 Å². The summed E-state index contributed by atoms with van der Waals surface area (Å²) in [5.41, 5.74) is -1.60. The molecule has 1 saturated heterocycles. The van der Waals surface area contributed by atoms with Crippen molar-refractivity contribution in [3.8, 4) is 11.1 Å². The molecule has 0 aliphatic carbocycles. The number of alkyl halides is 6. The van der Waals surface area contributed by atoms with Crippen LogP contribution in [-0.2, 0) is 29.1 Å². The Kier molecular flexibility index (Phi) is 8.16. The first kappa shape index (κ1) is 29.4. The Morgan fingerprint density at radius 1 is 0.900 bits per heavy atom. The number of carbonyl (C=O) groups excluding carboxylic acids is 1. The number of hydrogen-bond donors (Lipinski definition) is 2. The first-order valence-electron chi connectivity index (χ1n) is 12.8. The molecule has 2 N–H and O–H groups in total. The molecular formula is C29H30F6N4O. The molecule has 0 spiro atoms. The van der Waals surface area contributed by atoms with Crippen molar-refractivity contribution in [3.63, 3.8) is 0 Å². The highest BCUT2D eigenvalue weighted by atomic mass is 19.4. The van der Waals surface area contributed by atoms with E-state index in [1.54, 1.807) is 6.20 Å². The largest absolute Gasteiger partial charge is 0.416 e. The Morgan fingerprint density at radius 3 is 2.05 bits per heavy atom. The Balaban J connectivity index is 1.65. The minimum Gasteiger partial charge on any atom is -0.354 e. The van der Waals surface area contributed by atoms with Crippen LogP contribution in [0.4, 0.5) is 32.2 Å². The van der Waals surface area contributed by atoms with Crippen LogP contribution >= 0.6 is 0 Å². The summed E-state index contributed by atoms with van der Waals surface area (Å²) in [7, 11) is 0. The molecule has 0 bridgehead atoms. The van der Waals surface area contributed by atoms with Gasteiger partial charge in [-0.15, -0.1) is 0 Å². The lowest BCUT2D eigenvalue weighted by molar-refractivity contribution is -0.143. The fraction of sp³-hybridized carbons (Fsp3) is 0.379. The van der Waals surface area contributed by atoms with Crippen LogP contribution in [0.5, 0.6) is 0 Å². The fourth-order valence-corrected chi connectivity index (χ4v) is 4.65. The standard InChI is InChI=1S/C29H30F6N4O/c1-18-6-4-5-7-23(18)24-15-25(39-10-8-36-9-11-39)37-16-19(24)17-38-26(40)27(2,3)20-12-21(28(30,31)32)14-22(13-20)29(33,34)35/h4-7,12-16,36H,8-11,17H2,1-3H3,(H,38,40). The molecule has 5 nitrogen and oxygen atoms in total. The van der Waals surface area contributed by atoms with Crippen LogP contribution in [0.1, 0.15) is 41.7 Å². The van der Waals surface area contributed by atoms with Crippen molar-refractivity contribution in [3.05, 3.63) is 82.5 Å². The number of amides is 1. The van der Waals surface area contributed by atoms with Gasteiger partial charge in [-0.2, -0.15) is 26.3 Å². The molecule has 2 heterocycles. The number of carbonyl (C=O) groups is 1. The molecule has 0 radical (unpaired) electrons. The van der Waals surface area contributed by atoms with Gasteiger partial charge in [0.2, 0.25) is 5.91 Å². The molecule has 1 fully saturated rings. The summed E-state index contributed by atoms with van der Waals surface area (Å²) in [5, 5.41) is 6.01. The van der Waals surface area contributed by atoms with Gasteiger partial charge in [0.05, 0.1) is 16.5 Å². The average Bonchev–Trinajstić information content (AvgIpc) is 2.91. The maximum absolute atomic E-state index is 13.4. The van der Waals surface area contributed by atoms with Gasteiger partial charge in [0.15, 0.2) is 0 Å². The Hall–Kier alpha value is -3.60. The number of hydrogen-bond acceptors (Lipinski definition) is 4. The highest BCUT2D eigenvalue weighted by molar-refractivity contribution is 5.87. The molecule has 214 valence electrons. The van der Waals surface area contributed by atoms with E-state index in [9.17, 15) is 31.1 Å². The summed E-state index contributed by atoms with van der Waals surface area (Å²) in [4.78, 5) is 20.0. The normalized spacial score (nSPS) is 14.8. The third kappa shape index (κ3) is 6.41. The highest BCUT2D eigenvalue weighted by Crippen LogP contribution is 2.39. The molecular weight excluding hydrogens is 534 g/mol. The molecule has 3 aromatic rings. The van der Waals surface area contributed by atoms with E-state index >= 15 is 0 Å². The average molecular weight is 565 g/mol. The van der Waals surface area contributed by atoms with Gasteiger partial charge in [0, 0.05) is 38.9 Å². The van der Waals surface area contributed by atoms with Gasteiger partial charge in [-0.05, 0) is 72.9 Å². The number of aromatic nitrogens is 1. The third-order valence-corrected chi connectivity index (χ3v) is 7.16. The molecule has 0 unspecified atom stereocenters. The number of anilines is 1. The lowest BCUT2D eigenvalue weighted by Crippen LogP contribution is -2.44. The van der Waals surface area contributed by atoms with Crippen LogP contribution in [0.15, 0.2) is 54.7 Å². The molecule has 11 heteroatoms. The van der Waals surface area contributed by atoms with Gasteiger partial charge in [-0.3, -0.25) is 4.79 Å². The van der Waals surface area contributed by atoms with E-state index < -0.39 is 40.4 Å². The van der Waals surface area contributed by atoms with Crippen LogP contribution in [-0.4, -0.2) is 37.1 Å². The van der Waals surface area contributed by atoms with Gasteiger partial charge in [-0.1, -0.05) is 24.3 Å². The molecule has 40 heavy (non-hydrogen) atoms. The molecule has 1 aromatic heterocycles. The summed E-state index contributed by atoms with van der Waals surface area (Å²) >= 11 is 0. The molecule has 0 saturated carbocycles. The van der Waals surface area contributed by atoms with Gasteiger partial charge >= 0.3 is 12.4 Å². The predicted octanol–water partition coefficient (Wildman–Crippen LogP) is 6.10. The monoisotopic (exact) mass is 564 g/mol. The number of benzene rings is 2. The number of piperazine rings is 1. The second kappa shape index (κ2) is 11.1. The minimum atomic E-state index is -5.01. The Bertz CT molecular complexity index is 1350. The van der Waals surface area contributed by atoms with E-state index in [1.165, 1.54) is 13.8 Å². The second-order valence-electron chi connectivity index (χ2n) is 10.4. The predicted molar refractivity (Wildman–Crippen MR) is 141 cm³/mol. The molecule has 1 amide bonds. The molecule has 0 atom stereocenters. The summed E-state index contributed by atoms with van der Waals surface area (Å²) in [6.45, 7) is 7.73. The third-order valence-electron chi connectivity index (χ3n) is 7.16. The van der Waals surface area contributed by atoms with Crippen molar-refractivity contribution in [2.75, 3.05) is 31.1 Å². The first-order valence-corrected chi connectivity index (χ1v) is 12.8.